The average Bonchev–Trinajstić information content (AvgIpc) is 3.07. The van der Waals surface area contributed by atoms with Gasteiger partial charge in [-0.3, -0.25) is 9.69 Å². The summed E-state index contributed by atoms with van der Waals surface area (Å²) < 4.78 is 0. The molecular weight excluding hydrogens is 344 g/mol. The minimum Gasteiger partial charge on any atom is -0.384 e. The van der Waals surface area contributed by atoms with E-state index < -0.39 is 0 Å². The Bertz CT molecular complexity index is 834. The maximum Gasteiger partial charge on any atom is 0.239 e. The monoisotopic (exact) mass is 368 g/mol. The molecule has 1 unspecified atom stereocenters. The van der Waals surface area contributed by atoms with Crippen LogP contribution in [0.15, 0.2) is 35.7 Å². The normalized spacial score (nSPS) is 17.9. The molecule has 26 heavy (non-hydrogen) atoms. The maximum absolute atomic E-state index is 12.8. The van der Waals surface area contributed by atoms with Crippen LogP contribution in [-0.4, -0.2) is 46.6 Å². The molecule has 0 spiro atoms. The number of hydrogen-bond acceptors (Lipinski definition) is 4. The van der Waals surface area contributed by atoms with Crippen molar-refractivity contribution < 1.29 is 9.90 Å². The third kappa shape index (κ3) is 4.53. The summed E-state index contributed by atoms with van der Waals surface area (Å²) in [5, 5.41) is 10.8. The van der Waals surface area contributed by atoms with E-state index in [2.05, 4.69) is 41.9 Å². The van der Waals surface area contributed by atoms with Crippen molar-refractivity contribution in [1.82, 2.24) is 9.80 Å². The molecule has 136 valence electrons. The van der Waals surface area contributed by atoms with Crippen LogP contribution in [0.25, 0.3) is 0 Å². The molecule has 0 aliphatic carbocycles. The Morgan fingerprint density at radius 2 is 2.12 bits per heavy atom. The zero-order valence-corrected chi connectivity index (χ0v) is 16.1. The van der Waals surface area contributed by atoms with Crippen molar-refractivity contribution in [2.75, 3.05) is 19.7 Å². The molecule has 1 N–H and O–H groups in total. The van der Waals surface area contributed by atoms with Crippen molar-refractivity contribution in [1.29, 1.82) is 0 Å². The maximum atomic E-state index is 12.8. The molecule has 1 saturated heterocycles. The van der Waals surface area contributed by atoms with Crippen LogP contribution in [0.3, 0.4) is 0 Å². The van der Waals surface area contributed by atoms with Crippen molar-refractivity contribution in [2.45, 2.75) is 33.0 Å². The Labute approximate surface area is 159 Å². The lowest BCUT2D eigenvalue weighted by atomic mass is 10.1. The number of benzene rings is 1. The van der Waals surface area contributed by atoms with Gasteiger partial charge in [0, 0.05) is 42.0 Å². The van der Waals surface area contributed by atoms with E-state index in [9.17, 15) is 4.79 Å². The standard InChI is InChI=1S/C21H24N2O2S/c1-16-5-3-6-18(11-16)13-23-9-8-22(17(2)21(23)25)14-20-12-19(15-26-20)7-4-10-24/h3,5-6,11-12,15,17,24H,8-10,13-14H2,1-2H3. The van der Waals surface area contributed by atoms with Gasteiger partial charge in [0.2, 0.25) is 5.91 Å². The molecule has 1 atom stereocenters. The van der Waals surface area contributed by atoms with Crippen LogP contribution in [-0.2, 0) is 17.9 Å². The Kier molecular flexibility index (Phi) is 6.10. The highest BCUT2D eigenvalue weighted by atomic mass is 32.1. The summed E-state index contributed by atoms with van der Waals surface area (Å²) in [6.07, 6.45) is 0. The van der Waals surface area contributed by atoms with Gasteiger partial charge in [-0.1, -0.05) is 41.7 Å². The lowest BCUT2D eigenvalue weighted by Gasteiger charge is -2.39. The van der Waals surface area contributed by atoms with Gasteiger partial charge in [0.25, 0.3) is 0 Å². The molecule has 0 radical (unpaired) electrons. The number of piperazine rings is 1. The van der Waals surface area contributed by atoms with Gasteiger partial charge in [-0.15, -0.1) is 11.3 Å². The highest BCUT2D eigenvalue weighted by molar-refractivity contribution is 7.10. The first-order valence-corrected chi connectivity index (χ1v) is 9.70. The number of aryl methyl sites for hydroxylation is 1. The van der Waals surface area contributed by atoms with Crippen LogP contribution in [0, 0.1) is 18.8 Å². The third-order valence-corrected chi connectivity index (χ3v) is 5.58. The molecule has 2 aromatic rings. The van der Waals surface area contributed by atoms with Crippen molar-refractivity contribution in [3.8, 4) is 11.8 Å². The molecule has 1 fully saturated rings. The molecule has 0 bridgehead atoms. The zero-order valence-electron chi connectivity index (χ0n) is 15.2. The summed E-state index contributed by atoms with van der Waals surface area (Å²) in [6.45, 7) is 7.00. The van der Waals surface area contributed by atoms with E-state index >= 15 is 0 Å². The predicted octanol–water partition coefficient (Wildman–Crippen LogP) is 2.63. The predicted molar refractivity (Wildman–Crippen MR) is 105 cm³/mol. The molecule has 1 aromatic carbocycles. The van der Waals surface area contributed by atoms with E-state index in [1.54, 1.807) is 11.3 Å². The minimum atomic E-state index is -0.125. The number of hydrogen-bond donors (Lipinski definition) is 1. The van der Waals surface area contributed by atoms with Gasteiger partial charge in [0.15, 0.2) is 0 Å². The molecule has 5 heteroatoms. The van der Waals surface area contributed by atoms with Gasteiger partial charge < -0.3 is 10.0 Å². The van der Waals surface area contributed by atoms with E-state index in [1.165, 1.54) is 16.0 Å². The Morgan fingerprint density at radius 1 is 1.27 bits per heavy atom. The van der Waals surface area contributed by atoms with E-state index in [4.69, 9.17) is 5.11 Å². The highest BCUT2D eigenvalue weighted by Gasteiger charge is 2.31. The second-order valence-corrected chi connectivity index (χ2v) is 7.65. The lowest BCUT2D eigenvalue weighted by Crippen LogP contribution is -2.54. The minimum absolute atomic E-state index is 0.123. The lowest BCUT2D eigenvalue weighted by molar-refractivity contribution is -0.142. The molecule has 1 amide bonds. The van der Waals surface area contributed by atoms with Gasteiger partial charge in [-0.25, -0.2) is 0 Å². The smallest absolute Gasteiger partial charge is 0.239 e. The number of rotatable bonds is 4. The van der Waals surface area contributed by atoms with E-state index in [1.807, 2.05) is 29.3 Å². The second kappa shape index (κ2) is 8.50. The highest BCUT2D eigenvalue weighted by Crippen LogP contribution is 2.21. The van der Waals surface area contributed by atoms with Crippen LogP contribution in [0.5, 0.6) is 0 Å². The summed E-state index contributed by atoms with van der Waals surface area (Å²) in [4.78, 5) is 18.2. The number of amides is 1. The van der Waals surface area contributed by atoms with Crippen LogP contribution in [0.4, 0.5) is 0 Å². The first-order chi connectivity index (χ1) is 12.6. The van der Waals surface area contributed by atoms with Crippen molar-refractivity contribution in [2.24, 2.45) is 0 Å². The van der Waals surface area contributed by atoms with Crippen LogP contribution < -0.4 is 0 Å². The fraction of sp³-hybridized carbons (Fsp3) is 0.381. The van der Waals surface area contributed by atoms with Gasteiger partial charge in [-0.2, -0.15) is 0 Å². The van der Waals surface area contributed by atoms with Gasteiger partial charge >= 0.3 is 0 Å². The summed E-state index contributed by atoms with van der Waals surface area (Å²) in [6, 6.07) is 10.3. The number of thiophene rings is 1. The topological polar surface area (TPSA) is 43.8 Å². The number of nitrogens with zero attached hydrogens (tertiary/aromatic N) is 2. The fourth-order valence-corrected chi connectivity index (χ4v) is 4.09. The molecule has 1 aliphatic heterocycles. The molecule has 0 saturated carbocycles. The van der Waals surface area contributed by atoms with E-state index in [0.29, 0.717) is 6.54 Å². The Morgan fingerprint density at radius 3 is 2.88 bits per heavy atom. The van der Waals surface area contributed by atoms with Gasteiger partial charge in [-0.05, 0) is 25.5 Å². The molecule has 1 aromatic heterocycles. The second-order valence-electron chi connectivity index (χ2n) is 6.66. The van der Waals surface area contributed by atoms with Gasteiger partial charge in [0.05, 0.1) is 6.04 Å². The van der Waals surface area contributed by atoms with E-state index in [-0.39, 0.29) is 18.6 Å². The van der Waals surface area contributed by atoms with Crippen LogP contribution in [0.1, 0.15) is 28.5 Å². The van der Waals surface area contributed by atoms with Crippen LogP contribution >= 0.6 is 11.3 Å². The largest absolute Gasteiger partial charge is 0.384 e. The fourth-order valence-electron chi connectivity index (χ4n) is 3.25. The average molecular weight is 369 g/mol. The summed E-state index contributed by atoms with van der Waals surface area (Å²) in [5.41, 5.74) is 3.33. The van der Waals surface area contributed by atoms with Gasteiger partial charge in [0.1, 0.15) is 6.61 Å². The molecule has 2 heterocycles. The SMILES string of the molecule is Cc1cccc(CN2CCN(Cc3cc(C#CCO)cs3)C(C)C2=O)c1. The number of carbonyl (C=O) groups excluding carboxylic acids is 1. The van der Waals surface area contributed by atoms with Crippen LogP contribution in [0.2, 0.25) is 0 Å². The van der Waals surface area contributed by atoms with Crippen molar-refractivity contribution in [3.05, 3.63) is 57.3 Å². The quantitative estimate of drug-likeness (QED) is 0.844. The van der Waals surface area contributed by atoms with Crippen molar-refractivity contribution in [3.63, 3.8) is 0 Å². The Hall–Kier alpha value is -2.13. The number of aliphatic hydroxyl groups is 1. The first-order valence-electron chi connectivity index (χ1n) is 8.82. The summed E-state index contributed by atoms with van der Waals surface area (Å²) in [7, 11) is 0. The first kappa shape index (κ1) is 18.7. The van der Waals surface area contributed by atoms with E-state index in [0.717, 1.165) is 25.2 Å². The Balaban J connectivity index is 1.61. The summed E-state index contributed by atoms with van der Waals surface area (Å²) in [5.74, 6) is 5.79. The summed E-state index contributed by atoms with van der Waals surface area (Å²) >= 11 is 1.65. The molecule has 4 nitrogen and oxygen atoms in total. The number of aliphatic hydroxyl groups excluding tert-OH is 1. The number of carbonyl (C=O) groups is 1. The van der Waals surface area contributed by atoms with Crippen molar-refractivity contribution >= 4 is 17.2 Å². The molecule has 1 aliphatic rings. The zero-order chi connectivity index (χ0) is 18.5. The third-order valence-electron chi connectivity index (χ3n) is 4.65. The molecule has 3 rings (SSSR count). The molecular formula is C21H24N2O2S.